The molecule has 6 nitrogen and oxygen atoms in total. The molecule has 0 amide bonds. The first-order valence-corrected chi connectivity index (χ1v) is 8.54. The standard InChI is InChI=1S/C17H13FN6S/c18-14-8-6-12(7-9-14)10-19-20-16-21-22-17-24(16)23-15(11-25-17)13-4-2-1-3-5-13/h1-10H,11H2,(H,20,21)/b19-10+. The van der Waals surface area contributed by atoms with E-state index in [0.29, 0.717) is 11.1 Å². The van der Waals surface area contributed by atoms with E-state index < -0.39 is 0 Å². The Hall–Kier alpha value is -3.00. The normalized spacial score (nSPS) is 13.6. The van der Waals surface area contributed by atoms with Crippen molar-refractivity contribution in [3.63, 3.8) is 0 Å². The van der Waals surface area contributed by atoms with Crippen LogP contribution < -0.4 is 5.43 Å². The average Bonchev–Trinajstić information content (AvgIpc) is 3.06. The van der Waals surface area contributed by atoms with Gasteiger partial charge in [-0.2, -0.15) is 14.9 Å². The Morgan fingerprint density at radius 1 is 1.08 bits per heavy atom. The molecule has 0 unspecified atom stereocenters. The van der Waals surface area contributed by atoms with Crippen molar-refractivity contribution in [1.82, 2.24) is 14.9 Å². The van der Waals surface area contributed by atoms with Crippen molar-refractivity contribution < 1.29 is 4.39 Å². The molecule has 1 N–H and O–H groups in total. The highest BCUT2D eigenvalue weighted by Gasteiger charge is 2.19. The fraction of sp³-hybridized carbons (Fsp3) is 0.0588. The van der Waals surface area contributed by atoms with Gasteiger partial charge in [0.25, 0.3) is 5.95 Å². The van der Waals surface area contributed by atoms with E-state index in [-0.39, 0.29) is 5.82 Å². The summed E-state index contributed by atoms with van der Waals surface area (Å²) in [6.07, 6.45) is 1.58. The van der Waals surface area contributed by atoms with Gasteiger partial charge in [-0.25, -0.2) is 9.82 Å². The number of aromatic nitrogens is 3. The minimum absolute atomic E-state index is 0.281. The van der Waals surface area contributed by atoms with Crippen LogP contribution in [0, 0.1) is 5.82 Å². The van der Waals surface area contributed by atoms with Crippen LogP contribution in [0.15, 0.2) is 70.0 Å². The third kappa shape index (κ3) is 3.43. The highest BCUT2D eigenvalue weighted by atomic mass is 32.2. The van der Waals surface area contributed by atoms with Crippen molar-refractivity contribution in [2.75, 3.05) is 11.2 Å². The summed E-state index contributed by atoms with van der Waals surface area (Å²) in [6, 6.07) is 16.0. The van der Waals surface area contributed by atoms with Crippen LogP contribution in [0.1, 0.15) is 11.1 Å². The zero-order valence-electron chi connectivity index (χ0n) is 13.0. The van der Waals surface area contributed by atoms with E-state index in [1.807, 2.05) is 30.3 Å². The van der Waals surface area contributed by atoms with E-state index in [9.17, 15) is 4.39 Å². The van der Waals surface area contributed by atoms with Crippen molar-refractivity contribution in [1.29, 1.82) is 0 Å². The minimum atomic E-state index is -0.281. The molecule has 0 saturated heterocycles. The number of nitrogens with one attached hydrogen (secondary N) is 1. The van der Waals surface area contributed by atoms with Crippen LogP contribution in [0.25, 0.3) is 0 Å². The van der Waals surface area contributed by atoms with Gasteiger partial charge >= 0.3 is 0 Å². The number of anilines is 1. The largest absolute Gasteiger partial charge is 0.266 e. The molecule has 25 heavy (non-hydrogen) atoms. The molecule has 2 aromatic carbocycles. The van der Waals surface area contributed by atoms with Crippen molar-refractivity contribution in [2.45, 2.75) is 5.16 Å². The molecular formula is C17H13FN6S. The fourth-order valence-corrected chi connectivity index (χ4v) is 3.12. The number of thioether (sulfide) groups is 1. The summed E-state index contributed by atoms with van der Waals surface area (Å²) < 4.78 is 14.5. The number of hydrogen-bond acceptors (Lipinski definition) is 6. The van der Waals surface area contributed by atoms with Gasteiger partial charge in [-0.15, -0.1) is 10.2 Å². The average molecular weight is 352 g/mol. The van der Waals surface area contributed by atoms with Gasteiger partial charge in [0.2, 0.25) is 5.16 Å². The Morgan fingerprint density at radius 3 is 2.68 bits per heavy atom. The van der Waals surface area contributed by atoms with Crippen LogP contribution in [0.4, 0.5) is 10.3 Å². The molecule has 0 spiro atoms. The quantitative estimate of drug-likeness (QED) is 0.578. The number of hydrogen-bond donors (Lipinski definition) is 1. The lowest BCUT2D eigenvalue weighted by Crippen LogP contribution is -2.14. The summed E-state index contributed by atoms with van der Waals surface area (Å²) in [5.41, 5.74) is 5.62. The van der Waals surface area contributed by atoms with Crippen LogP contribution in [-0.4, -0.2) is 32.6 Å². The lowest BCUT2D eigenvalue weighted by molar-refractivity contribution is 0.628. The Balaban J connectivity index is 1.55. The van der Waals surface area contributed by atoms with E-state index in [1.54, 1.807) is 34.8 Å². The highest BCUT2D eigenvalue weighted by molar-refractivity contribution is 7.99. The molecule has 1 aliphatic heterocycles. The monoisotopic (exact) mass is 352 g/mol. The van der Waals surface area contributed by atoms with E-state index >= 15 is 0 Å². The third-order valence-corrected chi connectivity index (χ3v) is 4.46. The van der Waals surface area contributed by atoms with Gasteiger partial charge in [-0.05, 0) is 23.3 Å². The molecular weight excluding hydrogens is 339 g/mol. The number of fused-ring (bicyclic) bond motifs is 1. The first-order chi connectivity index (χ1) is 12.3. The van der Waals surface area contributed by atoms with E-state index in [0.717, 1.165) is 22.6 Å². The first kappa shape index (κ1) is 15.5. The maximum Gasteiger partial charge on any atom is 0.266 e. The van der Waals surface area contributed by atoms with Crippen LogP contribution in [-0.2, 0) is 0 Å². The summed E-state index contributed by atoms with van der Waals surface area (Å²) >= 11 is 1.57. The second-order valence-corrected chi connectivity index (χ2v) is 6.18. The lowest BCUT2D eigenvalue weighted by atomic mass is 10.1. The Morgan fingerprint density at radius 2 is 1.88 bits per heavy atom. The second kappa shape index (κ2) is 6.86. The number of benzene rings is 2. The fourth-order valence-electron chi connectivity index (χ4n) is 2.28. The van der Waals surface area contributed by atoms with Gasteiger partial charge in [0.05, 0.1) is 11.9 Å². The number of rotatable bonds is 4. The first-order valence-electron chi connectivity index (χ1n) is 7.56. The summed E-state index contributed by atoms with van der Waals surface area (Å²) in [5, 5.41) is 17.6. The molecule has 0 radical (unpaired) electrons. The molecule has 124 valence electrons. The van der Waals surface area contributed by atoms with E-state index in [2.05, 4.69) is 25.8 Å². The predicted octanol–water partition coefficient (Wildman–Crippen LogP) is 3.22. The zero-order chi connectivity index (χ0) is 17.1. The minimum Gasteiger partial charge on any atom is -0.244 e. The van der Waals surface area contributed by atoms with Crippen LogP contribution in [0.3, 0.4) is 0 Å². The third-order valence-electron chi connectivity index (χ3n) is 3.53. The zero-order valence-corrected chi connectivity index (χ0v) is 13.8. The number of hydrazone groups is 1. The topological polar surface area (TPSA) is 67.5 Å². The van der Waals surface area contributed by atoms with Gasteiger partial charge < -0.3 is 0 Å². The Labute approximate surface area is 147 Å². The molecule has 1 aromatic heterocycles. The SMILES string of the molecule is Fc1ccc(/C=N/Nc2nnc3n2N=C(c2ccccc2)CS3)cc1. The molecule has 0 saturated carbocycles. The molecule has 4 rings (SSSR count). The van der Waals surface area contributed by atoms with Crippen molar-refractivity contribution >= 4 is 29.6 Å². The van der Waals surface area contributed by atoms with Crippen molar-refractivity contribution in [3.8, 4) is 0 Å². The summed E-state index contributed by atoms with van der Waals surface area (Å²) in [5.74, 6) is 0.881. The molecule has 0 fully saturated rings. The van der Waals surface area contributed by atoms with Crippen molar-refractivity contribution in [3.05, 3.63) is 71.5 Å². The van der Waals surface area contributed by atoms with Gasteiger partial charge in [0, 0.05) is 5.75 Å². The van der Waals surface area contributed by atoms with Gasteiger partial charge in [0.15, 0.2) is 0 Å². The Kier molecular flexibility index (Phi) is 4.26. The summed E-state index contributed by atoms with van der Waals surface area (Å²) in [7, 11) is 0. The van der Waals surface area contributed by atoms with Crippen LogP contribution in [0.5, 0.6) is 0 Å². The second-order valence-electron chi connectivity index (χ2n) is 5.24. The highest BCUT2D eigenvalue weighted by Crippen LogP contribution is 2.25. The van der Waals surface area contributed by atoms with E-state index in [4.69, 9.17) is 0 Å². The lowest BCUT2D eigenvalue weighted by Gasteiger charge is -2.13. The predicted molar refractivity (Wildman–Crippen MR) is 96.7 cm³/mol. The maximum absolute atomic E-state index is 12.9. The van der Waals surface area contributed by atoms with Gasteiger partial charge in [0.1, 0.15) is 5.82 Å². The summed E-state index contributed by atoms with van der Waals surface area (Å²) in [6.45, 7) is 0. The molecule has 0 bridgehead atoms. The van der Waals surface area contributed by atoms with E-state index in [1.165, 1.54) is 12.1 Å². The number of nitrogens with zero attached hydrogens (tertiary/aromatic N) is 5. The van der Waals surface area contributed by atoms with Crippen LogP contribution >= 0.6 is 11.8 Å². The Bertz CT molecular complexity index is 934. The molecule has 8 heteroatoms. The number of halogens is 1. The van der Waals surface area contributed by atoms with Gasteiger partial charge in [-0.3, -0.25) is 0 Å². The van der Waals surface area contributed by atoms with Gasteiger partial charge in [-0.1, -0.05) is 54.2 Å². The van der Waals surface area contributed by atoms with Crippen LogP contribution in [0.2, 0.25) is 0 Å². The van der Waals surface area contributed by atoms with Crippen molar-refractivity contribution in [2.24, 2.45) is 10.2 Å². The molecule has 0 atom stereocenters. The molecule has 2 heterocycles. The molecule has 0 aliphatic carbocycles. The molecule has 1 aliphatic rings. The smallest absolute Gasteiger partial charge is 0.244 e. The molecule has 3 aromatic rings. The maximum atomic E-state index is 12.9. The summed E-state index contributed by atoms with van der Waals surface area (Å²) in [4.78, 5) is 0.